The second-order valence-corrected chi connectivity index (χ2v) is 7.46. The highest BCUT2D eigenvalue weighted by atomic mass is 35.5. The van der Waals surface area contributed by atoms with E-state index < -0.39 is 0 Å². The summed E-state index contributed by atoms with van der Waals surface area (Å²) >= 11 is 6.49. The van der Waals surface area contributed by atoms with Crippen molar-refractivity contribution < 1.29 is 0 Å². The molecule has 3 aromatic rings. The van der Waals surface area contributed by atoms with E-state index in [9.17, 15) is 0 Å². The first-order chi connectivity index (χ1) is 12.2. The maximum Gasteiger partial charge on any atom is 0.142 e. The van der Waals surface area contributed by atoms with Gasteiger partial charge < -0.3 is 14.8 Å². The number of hydrogen-bond acceptors (Lipinski definition) is 4. The predicted molar refractivity (Wildman–Crippen MR) is 101 cm³/mol. The van der Waals surface area contributed by atoms with Crippen molar-refractivity contribution >= 4 is 28.5 Å². The quantitative estimate of drug-likeness (QED) is 0.768. The molecule has 2 aliphatic rings. The Labute approximate surface area is 151 Å². The lowest BCUT2D eigenvalue weighted by Crippen LogP contribution is -2.51. The summed E-state index contributed by atoms with van der Waals surface area (Å²) in [5.74, 6) is 1.87. The van der Waals surface area contributed by atoms with Crippen LogP contribution in [0.5, 0.6) is 0 Å². The Balaban J connectivity index is 1.58. The van der Waals surface area contributed by atoms with E-state index in [1.54, 1.807) is 6.20 Å². The zero-order valence-electron chi connectivity index (χ0n) is 14.1. The van der Waals surface area contributed by atoms with Gasteiger partial charge in [0, 0.05) is 44.0 Å². The molecule has 5 rings (SSSR count). The molecular weight excluding hydrogens is 334 g/mol. The molecule has 0 unspecified atom stereocenters. The van der Waals surface area contributed by atoms with Gasteiger partial charge in [-0.25, -0.2) is 9.97 Å². The van der Waals surface area contributed by atoms with Gasteiger partial charge in [-0.05, 0) is 31.0 Å². The number of fused-ring (bicyclic) bond motifs is 3. The highest BCUT2D eigenvalue weighted by Gasteiger charge is 2.32. The van der Waals surface area contributed by atoms with E-state index in [0.717, 1.165) is 41.3 Å². The van der Waals surface area contributed by atoms with Crippen LogP contribution in [0.1, 0.15) is 12.8 Å². The summed E-state index contributed by atoms with van der Waals surface area (Å²) in [6.45, 7) is 2.01. The molecule has 2 bridgehead atoms. The second kappa shape index (κ2) is 5.71. The first kappa shape index (κ1) is 15.2. The van der Waals surface area contributed by atoms with Gasteiger partial charge in [0.15, 0.2) is 0 Å². The minimum Gasteiger partial charge on any atom is -0.353 e. The number of para-hydroxylation sites is 2. The first-order valence-electron chi connectivity index (χ1n) is 8.77. The van der Waals surface area contributed by atoms with Crippen molar-refractivity contribution in [2.45, 2.75) is 24.9 Å². The van der Waals surface area contributed by atoms with Crippen molar-refractivity contribution in [2.75, 3.05) is 18.0 Å². The van der Waals surface area contributed by atoms with E-state index in [4.69, 9.17) is 16.6 Å². The molecule has 1 N–H and O–H groups in total. The number of benzene rings is 1. The molecule has 5 nitrogen and oxygen atoms in total. The van der Waals surface area contributed by atoms with Crippen molar-refractivity contribution in [3.63, 3.8) is 0 Å². The molecule has 0 spiro atoms. The number of imidazole rings is 1. The van der Waals surface area contributed by atoms with Crippen LogP contribution in [-0.2, 0) is 7.05 Å². The van der Waals surface area contributed by atoms with Gasteiger partial charge in [0.2, 0.25) is 0 Å². The fourth-order valence-corrected chi connectivity index (χ4v) is 4.33. The minimum atomic E-state index is 0.579. The average Bonchev–Trinajstić information content (AvgIpc) is 3.15. The lowest BCUT2D eigenvalue weighted by Gasteiger charge is -2.33. The highest BCUT2D eigenvalue weighted by molar-refractivity contribution is 6.33. The number of pyridine rings is 1. The summed E-state index contributed by atoms with van der Waals surface area (Å²) < 4.78 is 2.10. The first-order valence-corrected chi connectivity index (χ1v) is 9.15. The highest BCUT2D eigenvalue weighted by Crippen LogP contribution is 2.33. The minimum absolute atomic E-state index is 0.579. The van der Waals surface area contributed by atoms with Crippen LogP contribution in [0, 0.1) is 0 Å². The molecule has 0 aliphatic carbocycles. The largest absolute Gasteiger partial charge is 0.353 e. The van der Waals surface area contributed by atoms with E-state index in [1.165, 1.54) is 12.8 Å². The smallest absolute Gasteiger partial charge is 0.142 e. The molecule has 0 amide bonds. The normalized spacial score (nSPS) is 22.7. The Kier molecular flexibility index (Phi) is 3.47. The molecule has 0 saturated carbocycles. The van der Waals surface area contributed by atoms with Crippen LogP contribution in [0.3, 0.4) is 0 Å². The summed E-state index contributed by atoms with van der Waals surface area (Å²) in [7, 11) is 2.03. The van der Waals surface area contributed by atoms with Gasteiger partial charge >= 0.3 is 0 Å². The number of rotatable bonds is 2. The molecule has 128 valence electrons. The molecule has 1 aromatic carbocycles. The fourth-order valence-electron chi connectivity index (χ4n) is 4.14. The number of nitrogens with one attached hydrogen (secondary N) is 1. The van der Waals surface area contributed by atoms with Crippen LogP contribution in [0.4, 0.5) is 5.82 Å². The number of halogens is 1. The molecule has 4 heterocycles. The van der Waals surface area contributed by atoms with Gasteiger partial charge in [0.1, 0.15) is 11.6 Å². The maximum absolute atomic E-state index is 6.49. The monoisotopic (exact) mass is 353 g/mol. The average molecular weight is 354 g/mol. The van der Waals surface area contributed by atoms with Crippen LogP contribution >= 0.6 is 11.6 Å². The van der Waals surface area contributed by atoms with Gasteiger partial charge in [0.25, 0.3) is 0 Å². The van der Waals surface area contributed by atoms with Crippen LogP contribution < -0.4 is 10.2 Å². The summed E-state index contributed by atoms with van der Waals surface area (Å²) in [4.78, 5) is 11.8. The van der Waals surface area contributed by atoms with Gasteiger partial charge in [-0.2, -0.15) is 0 Å². The fraction of sp³-hybridized carbons (Fsp3) is 0.368. The third-order valence-electron chi connectivity index (χ3n) is 5.41. The van der Waals surface area contributed by atoms with E-state index in [0.29, 0.717) is 17.1 Å². The third-order valence-corrected chi connectivity index (χ3v) is 5.71. The molecule has 0 radical (unpaired) electrons. The molecule has 2 atom stereocenters. The van der Waals surface area contributed by atoms with Gasteiger partial charge in [-0.1, -0.05) is 23.7 Å². The van der Waals surface area contributed by atoms with Gasteiger partial charge in [-0.3, -0.25) is 0 Å². The number of aromatic nitrogens is 3. The molecule has 2 saturated heterocycles. The van der Waals surface area contributed by atoms with Gasteiger partial charge in [0.05, 0.1) is 16.1 Å². The number of hydrogen-bond donors (Lipinski definition) is 1. The van der Waals surface area contributed by atoms with E-state index in [1.807, 2.05) is 25.2 Å². The Morgan fingerprint density at radius 3 is 2.68 bits per heavy atom. The van der Waals surface area contributed by atoms with Crippen molar-refractivity contribution in [3.05, 3.63) is 41.6 Å². The molecule has 2 fully saturated rings. The van der Waals surface area contributed by atoms with Crippen LogP contribution in [0.2, 0.25) is 5.02 Å². The van der Waals surface area contributed by atoms with E-state index in [-0.39, 0.29) is 0 Å². The Bertz CT molecular complexity index is 938. The lowest BCUT2D eigenvalue weighted by atomic mass is 10.2. The van der Waals surface area contributed by atoms with Crippen molar-refractivity contribution in [3.8, 4) is 11.4 Å². The number of nitrogens with zero attached hydrogens (tertiary/aromatic N) is 4. The zero-order chi connectivity index (χ0) is 17.0. The number of anilines is 1. The maximum atomic E-state index is 6.49. The predicted octanol–water partition coefficient (Wildman–Crippen LogP) is 3.23. The molecule has 2 aliphatic heterocycles. The third kappa shape index (κ3) is 2.50. The Morgan fingerprint density at radius 1 is 1.16 bits per heavy atom. The van der Waals surface area contributed by atoms with Crippen molar-refractivity contribution in [1.82, 2.24) is 19.9 Å². The molecule has 25 heavy (non-hydrogen) atoms. The number of aryl methyl sites for hydroxylation is 1. The second-order valence-electron chi connectivity index (χ2n) is 7.05. The summed E-state index contributed by atoms with van der Waals surface area (Å²) in [5.41, 5.74) is 3.03. The molecule has 6 heteroatoms. The summed E-state index contributed by atoms with van der Waals surface area (Å²) in [6.07, 6.45) is 4.27. The zero-order valence-corrected chi connectivity index (χ0v) is 14.9. The van der Waals surface area contributed by atoms with Gasteiger partial charge in [-0.15, -0.1) is 0 Å². The van der Waals surface area contributed by atoms with E-state index >= 15 is 0 Å². The van der Waals surface area contributed by atoms with Crippen molar-refractivity contribution in [2.24, 2.45) is 7.05 Å². The summed E-state index contributed by atoms with van der Waals surface area (Å²) in [5, 5.41) is 4.30. The van der Waals surface area contributed by atoms with Crippen LogP contribution in [0.15, 0.2) is 36.5 Å². The summed E-state index contributed by atoms with van der Waals surface area (Å²) in [6, 6.07) is 11.4. The molecular formula is C19H20ClN5. The topological polar surface area (TPSA) is 46.0 Å². The SMILES string of the molecule is Cn1c(-c2cc(N3C[C@H]4CC[C@@H](C3)N4)ncc2Cl)nc2ccccc21. The van der Waals surface area contributed by atoms with Crippen molar-refractivity contribution in [1.29, 1.82) is 0 Å². The standard InChI is InChI=1S/C19H20ClN5/c1-24-17-5-3-2-4-16(17)23-19(24)14-8-18(21-9-15(14)20)25-10-12-6-7-13(11-25)22-12/h2-5,8-9,12-13,22H,6-7,10-11H2,1H3/t12-,13+. The lowest BCUT2D eigenvalue weighted by molar-refractivity contribution is 0.463. The van der Waals surface area contributed by atoms with Crippen LogP contribution in [-0.4, -0.2) is 39.7 Å². The number of piperazine rings is 1. The van der Waals surface area contributed by atoms with Crippen LogP contribution in [0.25, 0.3) is 22.4 Å². The Morgan fingerprint density at radius 2 is 1.92 bits per heavy atom. The Hall–Kier alpha value is -2.11. The molecule has 2 aromatic heterocycles. The van der Waals surface area contributed by atoms with E-state index in [2.05, 4.69) is 31.9 Å².